The zero-order valence-electron chi connectivity index (χ0n) is 50.1. The molecule has 3 heterocycles. The monoisotopic (exact) mass is 1080 g/mol. The lowest BCUT2D eigenvalue weighted by atomic mass is 9.90. The van der Waals surface area contributed by atoms with Gasteiger partial charge in [0.15, 0.2) is 0 Å². The number of para-hydroxylation sites is 3. The van der Waals surface area contributed by atoms with Crippen LogP contribution in [0.2, 0.25) is 0 Å². The second kappa shape index (κ2) is 29.7. The zero-order chi connectivity index (χ0) is 58.0. The smallest absolute Gasteiger partial charge is 0.410 e. The molecule has 15 heteroatoms. The largest absolute Gasteiger partial charge is 0.444 e. The average Bonchev–Trinajstić information content (AvgIpc) is 3.42. The van der Waals surface area contributed by atoms with E-state index < -0.39 is 16.8 Å². The predicted octanol–water partition coefficient (Wildman–Crippen LogP) is 13.4. The van der Waals surface area contributed by atoms with Crippen LogP contribution in [0.1, 0.15) is 162 Å². The van der Waals surface area contributed by atoms with E-state index in [-0.39, 0.29) is 71.9 Å². The van der Waals surface area contributed by atoms with Gasteiger partial charge in [-0.1, -0.05) is 75.4 Å². The van der Waals surface area contributed by atoms with Crippen molar-refractivity contribution in [1.82, 2.24) is 14.7 Å². The molecule has 0 bridgehead atoms. The lowest BCUT2D eigenvalue weighted by Gasteiger charge is -2.40. The van der Waals surface area contributed by atoms with Gasteiger partial charge in [-0.05, 0) is 176 Å². The van der Waals surface area contributed by atoms with Crippen LogP contribution in [0.25, 0.3) is 0 Å². The molecule has 78 heavy (non-hydrogen) atoms. The highest BCUT2D eigenvalue weighted by atomic mass is 16.6. The lowest BCUT2D eigenvalue weighted by Crippen LogP contribution is -2.50. The minimum Gasteiger partial charge on any atom is -0.444 e. The number of hydrogen-bond donors (Lipinski definition) is 0. The van der Waals surface area contributed by atoms with E-state index in [0.717, 1.165) is 55.6 Å². The Balaban J connectivity index is 0.000000252. The van der Waals surface area contributed by atoms with Crippen LogP contribution in [-0.4, -0.2) is 125 Å². The molecule has 6 unspecified atom stereocenters. The van der Waals surface area contributed by atoms with Crippen LogP contribution in [0.3, 0.4) is 0 Å². The maximum absolute atomic E-state index is 12.6. The first-order chi connectivity index (χ1) is 36.7. The van der Waals surface area contributed by atoms with Gasteiger partial charge in [-0.3, -0.25) is 14.4 Å². The molecular formula is C63H96N6O9. The molecule has 0 aliphatic carbocycles. The van der Waals surface area contributed by atoms with Crippen LogP contribution in [0.15, 0.2) is 91.0 Å². The molecule has 6 amide bonds. The summed E-state index contributed by atoms with van der Waals surface area (Å²) in [6.45, 7) is 32.9. The Morgan fingerprint density at radius 3 is 0.833 bits per heavy atom. The van der Waals surface area contributed by atoms with Crippen LogP contribution in [-0.2, 0) is 28.6 Å². The fourth-order valence-electron chi connectivity index (χ4n) is 10.4. The van der Waals surface area contributed by atoms with Crippen molar-refractivity contribution in [2.45, 2.75) is 197 Å². The van der Waals surface area contributed by atoms with E-state index in [1.165, 1.54) is 0 Å². The van der Waals surface area contributed by atoms with Gasteiger partial charge in [0.1, 0.15) is 16.8 Å². The second-order valence-electron chi connectivity index (χ2n) is 24.1. The minimum absolute atomic E-state index is 0.0232. The summed E-state index contributed by atoms with van der Waals surface area (Å²) in [6, 6.07) is 29.5. The number of anilines is 3. The molecule has 3 aliphatic heterocycles. The van der Waals surface area contributed by atoms with E-state index in [1.54, 1.807) is 14.7 Å². The number of rotatable bonds is 12. The zero-order valence-corrected chi connectivity index (χ0v) is 50.1. The molecular weight excluding hydrogens is 985 g/mol. The van der Waals surface area contributed by atoms with Gasteiger partial charge in [-0.2, -0.15) is 0 Å². The summed E-state index contributed by atoms with van der Waals surface area (Å²) in [7, 11) is 0. The highest BCUT2D eigenvalue weighted by molar-refractivity contribution is 5.95. The van der Waals surface area contributed by atoms with Crippen LogP contribution in [0, 0.1) is 17.8 Å². The summed E-state index contributed by atoms with van der Waals surface area (Å²) in [5, 5.41) is 0. The summed E-state index contributed by atoms with van der Waals surface area (Å²) >= 11 is 0. The quantitative estimate of drug-likeness (QED) is 0.162. The van der Waals surface area contributed by atoms with Gasteiger partial charge in [0, 0.05) is 93.7 Å². The van der Waals surface area contributed by atoms with Gasteiger partial charge in [-0.15, -0.1) is 0 Å². The first-order valence-electron chi connectivity index (χ1n) is 28.7. The number of carbonyl (C=O) groups excluding carboxylic acids is 6. The molecule has 6 atom stereocenters. The first kappa shape index (κ1) is 64.4. The molecule has 0 aromatic heterocycles. The van der Waals surface area contributed by atoms with E-state index in [2.05, 4.69) is 20.8 Å². The number of hydrogen-bond acceptors (Lipinski definition) is 9. The summed E-state index contributed by atoms with van der Waals surface area (Å²) in [5.74, 6) is 1.01. The number of nitrogens with zero attached hydrogens (tertiary/aromatic N) is 6. The van der Waals surface area contributed by atoms with E-state index in [0.29, 0.717) is 58.5 Å². The normalized spacial score (nSPS) is 19.0. The van der Waals surface area contributed by atoms with Gasteiger partial charge in [0.2, 0.25) is 17.7 Å². The third kappa shape index (κ3) is 20.0. The van der Waals surface area contributed by atoms with Crippen LogP contribution in [0.4, 0.5) is 31.4 Å². The first-order valence-corrected chi connectivity index (χ1v) is 28.7. The molecule has 3 aromatic carbocycles. The number of carbonyl (C=O) groups is 6. The Bertz CT molecular complexity index is 2090. The number of likely N-dealkylation sites (tertiary alicyclic amines) is 3. The van der Waals surface area contributed by atoms with Crippen LogP contribution < -0.4 is 14.7 Å². The highest BCUT2D eigenvalue weighted by Crippen LogP contribution is 2.32. The van der Waals surface area contributed by atoms with Crippen molar-refractivity contribution in [2.24, 2.45) is 17.8 Å². The number of benzene rings is 3. The lowest BCUT2D eigenvalue weighted by molar-refractivity contribution is -0.119. The number of amides is 6. The van der Waals surface area contributed by atoms with Crippen molar-refractivity contribution in [2.75, 3.05) is 54.0 Å². The Kier molecular flexibility index (Phi) is 24.6. The molecule has 3 aromatic rings. The SMILES string of the molecule is CCC(=O)N(c1ccccc1)C(C)C1CCCN(C(=O)OC(C)(C)C)C1.CCC(=O)N(c1ccccc1)C(C)C1CCCN(C(=O)OC(C)(C)C)C1.CCC(=O)N(c1ccccc1)C(C)C1CCCN(C(=O)OC(C)(C)C)C1. The van der Waals surface area contributed by atoms with Crippen molar-refractivity contribution in [3.05, 3.63) is 91.0 Å². The Morgan fingerprint density at radius 1 is 0.423 bits per heavy atom. The second-order valence-corrected chi connectivity index (χ2v) is 24.1. The molecule has 3 aliphatic rings. The summed E-state index contributed by atoms with van der Waals surface area (Å²) < 4.78 is 16.6. The summed E-state index contributed by atoms with van der Waals surface area (Å²) in [4.78, 5) is 86.2. The van der Waals surface area contributed by atoms with Crippen molar-refractivity contribution >= 4 is 53.1 Å². The standard InChI is InChI=1S/3C21H32N2O3/c3*1-6-19(24)23(18-12-8-7-9-13-18)16(2)17-11-10-14-22(15-17)20(25)26-21(3,4)5/h3*7-9,12-13,16-17H,6,10-11,14-15H2,1-5H3. The fraction of sp³-hybridized carbons (Fsp3) is 0.619. The topological polar surface area (TPSA) is 150 Å². The van der Waals surface area contributed by atoms with Gasteiger partial charge in [0.25, 0.3) is 0 Å². The van der Waals surface area contributed by atoms with Gasteiger partial charge < -0.3 is 43.6 Å². The van der Waals surface area contributed by atoms with E-state index >= 15 is 0 Å². The molecule has 0 radical (unpaired) electrons. The van der Waals surface area contributed by atoms with Gasteiger partial charge in [0.05, 0.1) is 0 Å². The summed E-state index contributed by atoms with van der Waals surface area (Å²) in [6.07, 6.45) is 6.38. The average molecular weight is 1080 g/mol. The van der Waals surface area contributed by atoms with Gasteiger partial charge in [-0.25, -0.2) is 14.4 Å². The molecule has 3 saturated heterocycles. The molecule has 15 nitrogen and oxygen atoms in total. The highest BCUT2D eigenvalue weighted by Gasteiger charge is 2.37. The van der Waals surface area contributed by atoms with Crippen molar-refractivity contribution in [3.8, 4) is 0 Å². The van der Waals surface area contributed by atoms with E-state index in [4.69, 9.17) is 14.2 Å². The van der Waals surface area contributed by atoms with Gasteiger partial charge >= 0.3 is 18.3 Å². The maximum Gasteiger partial charge on any atom is 0.410 e. The molecule has 432 valence electrons. The minimum atomic E-state index is -0.496. The Hall–Kier alpha value is -6.12. The number of piperidine rings is 3. The van der Waals surface area contributed by atoms with Crippen molar-refractivity contribution in [1.29, 1.82) is 0 Å². The van der Waals surface area contributed by atoms with Crippen molar-refractivity contribution < 1.29 is 43.0 Å². The predicted molar refractivity (Wildman–Crippen MR) is 313 cm³/mol. The maximum atomic E-state index is 12.6. The number of ether oxygens (including phenoxy) is 3. The third-order valence-corrected chi connectivity index (χ3v) is 14.4. The molecule has 0 saturated carbocycles. The summed E-state index contributed by atoms with van der Waals surface area (Å²) in [5.41, 5.74) is 1.27. The molecule has 6 rings (SSSR count). The fourth-order valence-corrected chi connectivity index (χ4v) is 10.4. The van der Waals surface area contributed by atoms with Crippen LogP contribution in [0.5, 0.6) is 0 Å². The molecule has 0 N–H and O–H groups in total. The molecule has 3 fully saturated rings. The Labute approximate surface area is 468 Å². The third-order valence-electron chi connectivity index (χ3n) is 14.4. The Morgan fingerprint density at radius 2 is 0.641 bits per heavy atom. The molecule has 0 spiro atoms. The van der Waals surface area contributed by atoms with Crippen molar-refractivity contribution in [3.63, 3.8) is 0 Å². The van der Waals surface area contributed by atoms with Crippen LogP contribution >= 0.6 is 0 Å². The van der Waals surface area contributed by atoms with E-state index in [1.807, 2.05) is 189 Å². The van der Waals surface area contributed by atoms with E-state index in [9.17, 15) is 28.8 Å².